The monoisotopic (exact) mass is 244 g/mol. The third kappa shape index (κ3) is 3.39. The van der Waals surface area contributed by atoms with Crippen LogP contribution in [0.1, 0.15) is 33.1 Å². The fraction of sp³-hybridized carbons (Fsp3) is 0.917. The molecule has 1 saturated heterocycles. The van der Waals surface area contributed by atoms with Crippen LogP contribution in [-0.2, 0) is 4.79 Å². The zero-order chi connectivity index (χ0) is 12.0. The lowest BCUT2D eigenvalue weighted by molar-refractivity contribution is -0.138. The van der Waals surface area contributed by atoms with Gasteiger partial charge < -0.3 is 10.2 Å². The highest BCUT2D eigenvalue weighted by Gasteiger charge is 2.31. The Bertz CT molecular complexity index is 221. The summed E-state index contributed by atoms with van der Waals surface area (Å²) < 4.78 is 0. The van der Waals surface area contributed by atoms with Crippen molar-refractivity contribution in [2.24, 2.45) is 0 Å². The lowest BCUT2D eigenvalue weighted by Crippen LogP contribution is -2.54. The maximum atomic E-state index is 12.2. The summed E-state index contributed by atoms with van der Waals surface area (Å²) in [5.41, 5.74) is 0. The Hall–Kier alpha value is -0.220. The van der Waals surface area contributed by atoms with Crippen molar-refractivity contribution >= 4 is 17.7 Å². The van der Waals surface area contributed by atoms with Gasteiger partial charge in [0.05, 0.1) is 6.04 Å². The number of carbonyl (C=O) groups is 1. The van der Waals surface area contributed by atoms with Gasteiger partial charge in [-0.05, 0) is 32.1 Å². The van der Waals surface area contributed by atoms with E-state index in [4.69, 9.17) is 0 Å². The standard InChI is InChI=1S/C12H24N2OS/c1-4-10(9-16-3)14-8-6-7-11(12(14)15)13-5-2/h10-11,13H,4-9H2,1-3H3. The SMILES string of the molecule is CCNC1CCCN(C(CC)CSC)C1=O. The molecule has 1 aliphatic heterocycles. The smallest absolute Gasteiger partial charge is 0.239 e. The molecule has 0 bridgehead atoms. The minimum atomic E-state index is 0.0645. The first-order valence-electron chi connectivity index (χ1n) is 6.27. The molecule has 1 heterocycles. The molecule has 1 fully saturated rings. The van der Waals surface area contributed by atoms with Crippen LogP contribution in [0.3, 0.4) is 0 Å². The summed E-state index contributed by atoms with van der Waals surface area (Å²) in [6.45, 7) is 6.06. The second-order valence-electron chi connectivity index (χ2n) is 4.30. The maximum absolute atomic E-state index is 12.2. The van der Waals surface area contributed by atoms with Crippen LogP contribution in [0.2, 0.25) is 0 Å². The second kappa shape index (κ2) is 7.17. The summed E-state index contributed by atoms with van der Waals surface area (Å²) in [6.07, 6.45) is 5.30. The van der Waals surface area contributed by atoms with Gasteiger partial charge in [-0.25, -0.2) is 0 Å². The van der Waals surface area contributed by atoms with Crippen molar-refractivity contribution in [1.29, 1.82) is 0 Å². The minimum Gasteiger partial charge on any atom is -0.338 e. The summed E-state index contributed by atoms with van der Waals surface area (Å²) in [7, 11) is 0. The van der Waals surface area contributed by atoms with Crippen molar-refractivity contribution < 1.29 is 4.79 Å². The van der Waals surface area contributed by atoms with Crippen LogP contribution in [-0.4, -0.2) is 48.0 Å². The predicted molar refractivity (Wildman–Crippen MR) is 70.9 cm³/mol. The molecule has 3 nitrogen and oxygen atoms in total. The Labute approximate surface area is 103 Å². The molecule has 0 aromatic carbocycles. The summed E-state index contributed by atoms with van der Waals surface area (Å²) in [5.74, 6) is 1.37. The van der Waals surface area contributed by atoms with E-state index in [0.717, 1.165) is 38.1 Å². The van der Waals surface area contributed by atoms with E-state index in [1.54, 1.807) is 0 Å². The zero-order valence-corrected chi connectivity index (χ0v) is 11.5. The Morgan fingerprint density at radius 1 is 1.56 bits per heavy atom. The van der Waals surface area contributed by atoms with Crippen molar-refractivity contribution in [2.75, 3.05) is 25.1 Å². The number of amides is 1. The molecule has 1 amide bonds. The van der Waals surface area contributed by atoms with Crippen LogP contribution < -0.4 is 5.32 Å². The molecular formula is C12H24N2OS. The molecule has 94 valence electrons. The molecule has 0 aromatic heterocycles. The summed E-state index contributed by atoms with van der Waals surface area (Å²) in [6, 6.07) is 0.485. The third-order valence-corrected chi connectivity index (χ3v) is 3.91. The highest BCUT2D eigenvalue weighted by Crippen LogP contribution is 2.18. The highest BCUT2D eigenvalue weighted by molar-refractivity contribution is 7.98. The zero-order valence-electron chi connectivity index (χ0n) is 10.7. The highest BCUT2D eigenvalue weighted by atomic mass is 32.2. The van der Waals surface area contributed by atoms with E-state index in [1.807, 2.05) is 11.8 Å². The van der Waals surface area contributed by atoms with Crippen molar-refractivity contribution in [3.63, 3.8) is 0 Å². The second-order valence-corrected chi connectivity index (χ2v) is 5.21. The predicted octanol–water partition coefficient (Wildman–Crippen LogP) is 1.73. The first kappa shape index (κ1) is 13.8. The molecule has 1 N–H and O–H groups in total. The fourth-order valence-electron chi connectivity index (χ4n) is 2.32. The average molecular weight is 244 g/mol. The molecule has 0 saturated carbocycles. The average Bonchev–Trinajstić information content (AvgIpc) is 2.30. The van der Waals surface area contributed by atoms with Crippen molar-refractivity contribution in [2.45, 2.75) is 45.2 Å². The molecular weight excluding hydrogens is 220 g/mol. The van der Waals surface area contributed by atoms with E-state index in [2.05, 4.69) is 30.3 Å². The van der Waals surface area contributed by atoms with Crippen LogP contribution >= 0.6 is 11.8 Å². The van der Waals surface area contributed by atoms with Crippen LogP contribution in [0.4, 0.5) is 0 Å². The van der Waals surface area contributed by atoms with Crippen LogP contribution in [0.15, 0.2) is 0 Å². The molecule has 0 spiro atoms. The topological polar surface area (TPSA) is 32.3 Å². The van der Waals surface area contributed by atoms with Gasteiger partial charge in [-0.3, -0.25) is 4.79 Å². The number of nitrogens with one attached hydrogen (secondary N) is 1. The Kier molecular flexibility index (Phi) is 6.21. The van der Waals surface area contributed by atoms with E-state index in [-0.39, 0.29) is 6.04 Å². The molecule has 0 aromatic rings. The molecule has 4 heteroatoms. The number of likely N-dealkylation sites (N-methyl/N-ethyl adjacent to an activating group) is 1. The third-order valence-electron chi connectivity index (χ3n) is 3.19. The Morgan fingerprint density at radius 2 is 2.31 bits per heavy atom. The van der Waals surface area contributed by atoms with Gasteiger partial charge in [-0.1, -0.05) is 13.8 Å². The normalized spacial score (nSPS) is 23.6. The maximum Gasteiger partial charge on any atom is 0.239 e. The van der Waals surface area contributed by atoms with Crippen LogP contribution in [0, 0.1) is 0 Å². The molecule has 0 radical (unpaired) electrons. The van der Waals surface area contributed by atoms with Gasteiger partial charge in [0.25, 0.3) is 0 Å². The van der Waals surface area contributed by atoms with Crippen molar-refractivity contribution in [3.05, 3.63) is 0 Å². The van der Waals surface area contributed by atoms with E-state index >= 15 is 0 Å². The molecule has 1 aliphatic rings. The van der Waals surface area contributed by atoms with Gasteiger partial charge in [0.2, 0.25) is 5.91 Å². The fourth-order valence-corrected chi connectivity index (χ4v) is 3.12. The van der Waals surface area contributed by atoms with Crippen LogP contribution in [0.25, 0.3) is 0 Å². The van der Waals surface area contributed by atoms with Gasteiger partial charge in [0, 0.05) is 18.3 Å². The molecule has 0 aliphatic carbocycles. The molecule has 2 atom stereocenters. The van der Waals surface area contributed by atoms with Crippen LogP contribution in [0.5, 0.6) is 0 Å². The van der Waals surface area contributed by atoms with E-state index in [1.165, 1.54) is 0 Å². The first-order valence-corrected chi connectivity index (χ1v) is 7.66. The molecule has 2 unspecified atom stereocenters. The number of hydrogen-bond donors (Lipinski definition) is 1. The molecule has 16 heavy (non-hydrogen) atoms. The lowest BCUT2D eigenvalue weighted by Gasteiger charge is -2.37. The largest absolute Gasteiger partial charge is 0.338 e. The summed E-state index contributed by atoms with van der Waals surface area (Å²) >= 11 is 1.83. The van der Waals surface area contributed by atoms with Crippen molar-refractivity contribution in [1.82, 2.24) is 10.2 Å². The van der Waals surface area contributed by atoms with Gasteiger partial charge in [0.15, 0.2) is 0 Å². The number of nitrogens with zero attached hydrogens (tertiary/aromatic N) is 1. The lowest BCUT2D eigenvalue weighted by atomic mass is 10.0. The summed E-state index contributed by atoms with van der Waals surface area (Å²) in [4.78, 5) is 14.3. The van der Waals surface area contributed by atoms with Gasteiger partial charge in [0.1, 0.15) is 0 Å². The van der Waals surface area contributed by atoms with Gasteiger partial charge >= 0.3 is 0 Å². The van der Waals surface area contributed by atoms with E-state index < -0.39 is 0 Å². The first-order chi connectivity index (χ1) is 7.74. The number of rotatable bonds is 6. The van der Waals surface area contributed by atoms with Gasteiger partial charge in [-0.2, -0.15) is 11.8 Å². The van der Waals surface area contributed by atoms with E-state index in [9.17, 15) is 4.79 Å². The number of likely N-dealkylation sites (tertiary alicyclic amines) is 1. The van der Waals surface area contributed by atoms with Crippen molar-refractivity contribution in [3.8, 4) is 0 Å². The molecule has 1 rings (SSSR count). The summed E-state index contributed by atoms with van der Waals surface area (Å²) in [5, 5.41) is 3.29. The number of carbonyl (C=O) groups excluding carboxylic acids is 1. The quantitative estimate of drug-likeness (QED) is 0.772. The number of thioether (sulfide) groups is 1. The van der Waals surface area contributed by atoms with E-state index in [0.29, 0.717) is 11.9 Å². The Balaban J connectivity index is 2.60. The van der Waals surface area contributed by atoms with Gasteiger partial charge in [-0.15, -0.1) is 0 Å². The Morgan fingerprint density at radius 3 is 2.88 bits per heavy atom. The minimum absolute atomic E-state index is 0.0645. The number of hydrogen-bond acceptors (Lipinski definition) is 3. The number of piperidine rings is 1.